The number of carbonyl (C=O) groups excluding carboxylic acids is 2. The first-order valence-corrected chi connectivity index (χ1v) is 12.1. The van der Waals surface area contributed by atoms with Crippen LogP contribution in [0.3, 0.4) is 0 Å². The van der Waals surface area contributed by atoms with Crippen LogP contribution in [0.25, 0.3) is 0 Å². The fraction of sp³-hybridized carbons (Fsp3) is 0.444. The summed E-state index contributed by atoms with van der Waals surface area (Å²) >= 11 is 0. The second-order valence-corrected chi connectivity index (χ2v) is 9.04. The van der Waals surface area contributed by atoms with Crippen LogP contribution in [0.5, 0.6) is 5.88 Å². The van der Waals surface area contributed by atoms with E-state index in [0.717, 1.165) is 12.8 Å². The molecule has 0 saturated carbocycles. The van der Waals surface area contributed by atoms with Gasteiger partial charge >= 0.3 is 6.03 Å². The van der Waals surface area contributed by atoms with E-state index in [1.54, 1.807) is 43.3 Å². The lowest BCUT2D eigenvalue weighted by atomic mass is 10.00. The molecule has 9 heteroatoms. The molecule has 1 aliphatic rings. The Morgan fingerprint density at radius 1 is 1.42 bits per heavy atom. The third-order valence-corrected chi connectivity index (χ3v) is 6.04. The summed E-state index contributed by atoms with van der Waals surface area (Å²) in [5.74, 6) is 5.19. The highest BCUT2D eigenvalue weighted by atomic mass is 19.1. The van der Waals surface area contributed by atoms with Crippen molar-refractivity contribution in [1.82, 2.24) is 14.8 Å². The number of halogens is 1. The highest BCUT2D eigenvalue weighted by Crippen LogP contribution is 2.27. The molecule has 36 heavy (non-hydrogen) atoms. The predicted octanol–water partition coefficient (Wildman–Crippen LogP) is 3.76. The van der Waals surface area contributed by atoms with E-state index >= 15 is 0 Å². The van der Waals surface area contributed by atoms with Crippen molar-refractivity contribution in [2.45, 2.75) is 45.8 Å². The minimum atomic E-state index is -0.530. The number of aromatic nitrogens is 1. The number of rotatable bonds is 6. The van der Waals surface area contributed by atoms with Crippen molar-refractivity contribution in [3.05, 3.63) is 53.5 Å². The van der Waals surface area contributed by atoms with E-state index in [9.17, 15) is 19.1 Å². The number of fused-ring (bicyclic) bond motifs is 1. The summed E-state index contributed by atoms with van der Waals surface area (Å²) < 4.78 is 20.2. The van der Waals surface area contributed by atoms with Crippen LogP contribution < -0.4 is 10.1 Å². The quantitative estimate of drug-likeness (QED) is 0.594. The topological polar surface area (TPSA) is 95.0 Å². The van der Waals surface area contributed by atoms with Gasteiger partial charge in [0.1, 0.15) is 17.5 Å². The molecule has 3 rings (SSSR count). The van der Waals surface area contributed by atoms with Crippen molar-refractivity contribution < 1.29 is 23.8 Å². The second-order valence-electron chi connectivity index (χ2n) is 9.04. The fourth-order valence-corrected chi connectivity index (χ4v) is 3.80. The predicted molar refractivity (Wildman–Crippen MR) is 135 cm³/mol. The van der Waals surface area contributed by atoms with Crippen molar-refractivity contribution >= 4 is 17.6 Å². The summed E-state index contributed by atoms with van der Waals surface area (Å²) in [6.45, 7) is 5.98. The number of anilines is 1. The summed E-state index contributed by atoms with van der Waals surface area (Å²) in [6.07, 6.45) is 2.70. The lowest BCUT2D eigenvalue weighted by Gasteiger charge is -2.37. The number of pyridine rings is 1. The highest BCUT2D eigenvalue weighted by molar-refractivity contribution is 5.97. The van der Waals surface area contributed by atoms with E-state index in [2.05, 4.69) is 22.1 Å². The number of carbonyl (C=O) groups is 2. The number of aliphatic hydroxyl groups is 1. The first-order valence-electron chi connectivity index (χ1n) is 12.1. The average Bonchev–Trinajstić information content (AvgIpc) is 2.87. The Labute approximate surface area is 211 Å². The van der Waals surface area contributed by atoms with Gasteiger partial charge in [-0.3, -0.25) is 4.79 Å². The molecule has 0 saturated heterocycles. The first-order chi connectivity index (χ1) is 17.2. The van der Waals surface area contributed by atoms with Crippen molar-refractivity contribution in [2.75, 3.05) is 32.1 Å². The van der Waals surface area contributed by atoms with Crippen molar-refractivity contribution in [1.29, 1.82) is 0 Å². The molecule has 2 aromatic rings. The third kappa shape index (κ3) is 6.52. The molecule has 2 heterocycles. The van der Waals surface area contributed by atoms with Gasteiger partial charge in [0.05, 0.1) is 24.9 Å². The summed E-state index contributed by atoms with van der Waals surface area (Å²) in [5.41, 5.74) is 0.939. The minimum absolute atomic E-state index is 0.0817. The van der Waals surface area contributed by atoms with E-state index in [-0.39, 0.29) is 42.1 Å². The SMILES string of the molecule is CCCC#Cc1cnc2c(c1)C(=O)N([C@H](C)CO)C[C@@H](C)[C@H](CN(C)C(=O)Nc1ccccc1F)O2. The molecular formula is C27H33FN4O4. The van der Waals surface area contributed by atoms with Crippen LogP contribution in [0.1, 0.15) is 49.5 Å². The number of hydrogen-bond acceptors (Lipinski definition) is 5. The van der Waals surface area contributed by atoms with Gasteiger partial charge < -0.3 is 25.0 Å². The Morgan fingerprint density at radius 2 is 2.17 bits per heavy atom. The van der Waals surface area contributed by atoms with E-state index in [1.165, 1.54) is 17.0 Å². The molecular weight excluding hydrogens is 463 g/mol. The van der Waals surface area contributed by atoms with Crippen LogP contribution in [0.4, 0.5) is 14.9 Å². The third-order valence-electron chi connectivity index (χ3n) is 6.04. The molecule has 0 radical (unpaired) electrons. The summed E-state index contributed by atoms with van der Waals surface area (Å²) in [4.78, 5) is 33.6. The smallest absolute Gasteiger partial charge is 0.321 e. The van der Waals surface area contributed by atoms with Crippen LogP contribution in [0.2, 0.25) is 0 Å². The molecule has 8 nitrogen and oxygen atoms in total. The van der Waals surface area contributed by atoms with E-state index in [0.29, 0.717) is 12.1 Å². The van der Waals surface area contributed by atoms with Gasteiger partial charge in [-0.05, 0) is 31.5 Å². The van der Waals surface area contributed by atoms with Gasteiger partial charge in [0.2, 0.25) is 5.88 Å². The number of unbranched alkanes of at least 4 members (excludes halogenated alkanes) is 1. The zero-order chi connectivity index (χ0) is 26.2. The number of para-hydroxylation sites is 1. The molecule has 1 aliphatic heterocycles. The number of nitrogens with zero attached hydrogens (tertiary/aromatic N) is 3. The van der Waals surface area contributed by atoms with Crippen LogP contribution in [0, 0.1) is 23.6 Å². The number of benzene rings is 1. The van der Waals surface area contributed by atoms with Crippen LogP contribution in [0.15, 0.2) is 36.5 Å². The summed E-state index contributed by atoms with van der Waals surface area (Å²) in [7, 11) is 1.59. The van der Waals surface area contributed by atoms with Gasteiger partial charge in [0.25, 0.3) is 5.91 Å². The van der Waals surface area contributed by atoms with Crippen LogP contribution in [-0.4, -0.2) is 70.7 Å². The Morgan fingerprint density at radius 3 is 2.86 bits per heavy atom. The molecule has 192 valence electrons. The lowest BCUT2D eigenvalue weighted by Crippen LogP contribution is -2.50. The van der Waals surface area contributed by atoms with Crippen molar-refractivity contribution in [2.24, 2.45) is 5.92 Å². The average molecular weight is 497 g/mol. The number of likely N-dealkylation sites (N-methyl/N-ethyl adjacent to an activating group) is 1. The summed E-state index contributed by atoms with van der Waals surface area (Å²) in [5, 5.41) is 12.4. The van der Waals surface area contributed by atoms with Gasteiger partial charge in [-0.25, -0.2) is 14.2 Å². The molecule has 0 unspecified atom stereocenters. The van der Waals surface area contributed by atoms with Crippen LogP contribution >= 0.6 is 0 Å². The molecule has 0 aliphatic carbocycles. The van der Waals surface area contributed by atoms with Gasteiger partial charge in [-0.15, -0.1) is 0 Å². The Kier molecular flexibility index (Phi) is 9.25. The number of urea groups is 1. The monoisotopic (exact) mass is 496 g/mol. The second kappa shape index (κ2) is 12.4. The number of nitrogens with one attached hydrogen (secondary N) is 1. The summed E-state index contributed by atoms with van der Waals surface area (Å²) in [6, 6.07) is 6.67. The maximum atomic E-state index is 14.0. The molecule has 2 N–H and O–H groups in total. The Bertz CT molecular complexity index is 1150. The van der Waals surface area contributed by atoms with E-state index < -0.39 is 24.0 Å². The van der Waals surface area contributed by atoms with Crippen LogP contribution in [-0.2, 0) is 0 Å². The molecule has 1 aromatic heterocycles. The zero-order valence-electron chi connectivity index (χ0n) is 21.1. The Balaban J connectivity index is 1.88. The lowest BCUT2D eigenvalue weighted by molar-refractivity contribution is 0.0356. The van der Waals surface area contributed by atoms with Gasteiger partial charge in [-0.1, -0.05) is 37.8 Å². The molecule has 0 bridgehead atoms. The maximum Gasteiger partial charge on any atom is 0.321 e. The zero-order valence-corrected chi connectivity index (χ0v) is 21.1. The van der Waals surface area contributed by atoms with E-state index in [4.69, 9.17) is 4.74 Å². The standard InChI is InChI=1S/C27H33FN4O4/c1-5-6-7-10-20-13-21-25(29-14-20)36-24(18(2)15-32(26(21)34)19(3)17-33)16-31(4)27(35)30-23-12-9-8-11-22(23)28/h8-9,11-14,18-19,24,33H,5-6,15-17H2,1-4H3,(H,30,35)/t18-,19-,24+/m1/s1. The number of amides is 3. The van der Waals surface area contributed by atoms with Crippen molar-refractivity contribution in [3.8, 4) is 17.7 Å². The van der Waals surface area contributed by atoms with Gasteiger partial charge in [0.15, 0.2) is 0 Å². The fourth-order valence-electron chi connectivity index (χ4n) is 3.80. The number of ether oxygens (including phenoxy) is 1. The molecule has 3 atom stereocenters. The molecule has 0 spiro atoms. The number of aliphatic hydroxyl groups excluding tert-OH is 1. The minimum Gasteiger partial charge on any atom is -0.472 e. The molecule has 3 amide bonds. The van der Waals surface area contributed by atoms with Gasteiger partial charge in [-0.2, -0.15) is 0 Å². The maximum absolute atomic E-state index is 14.0. The molecule has 0 fully saturated rings. The Hall–Kier alpha value is -3.64. The first kappa shape index (κ1) is 27.0. The molecule has 1 aromatic carbocycles. The highest BCUT2D eigenvalue weighted by Gasteiger charge is 2.34. The number of hydrogen-bond donors (Lipinski definition) is 2. The largest absolute Gasteiger partial charge is 0.472 e. The van der Waals surface area contributed by atoms with Crippen molar-refractivity contribution in [3.63, 3.8) is 0 Å². The normalized spacial score (nSPS) is 18.1. The van der Waals surface area contributed by atoms with Gasteiger partial charge in [0, 0.05) is 37.7 Å². The van der Waals surface area contributed by atoms with E-state index in [1.807, 2.05) is 13.8 Å².